The molecule has 0 aromatic heterocycles. The molecule has 1 fully saturated rings. The maximum Gasteiger partial charge on any atom is 0.238 e. The second-order valence-corrected chi connectivity index (χ2v) is 7.96. The smallest absolute Gasteiger partial charge is 0.238 e. The first-order valence-corrected chi connectivity index (χ1v) is 9.24. The lowest BCUT2D eigenvalue weighted by Crippen LogP contribution is -2.42. The number of nitrogens with one attached hydrogen (secondary N) is 1. The van der Waals surface area contributed by atoms with Gasteiger partial charge in [-0.3, -0.25) is 9.59 Å². The molecule has 2 aliphatic rings. The topological polar surface area (TPSA) is 49.4 Å². The van der Waals surface area contributed by atoms with Gasteiger partial charge >= 0.3 is 0 Å². The summed E-state index contributed by atoms with van der Waals surface area (Å²) in [6.07, 6.45) is 4.81. The average Bonchev–Trinajstić information content (AvgIpc) is 2.55. The summed E-state index contributed by atoms with van der Waals surface area (Å²) in [5, 5.41) is 2.58. The zero-order valence-electron chi connectivity index (χ0n) is 13.7. The van der Waals surface area contributed by atoms with Gasteiger partial charge in [-0.2, -0.15) is 0 Å². The fraction of sp³-hybridized carbons (Fsp3) is 0.556. The normalized spacial score (nSPS) is 27.0. The molecule has 1 N–H and O–H groups in total. The molecule has 2 amide bonds. The summed E-state index contributed by atoms with van der Waals surface area (Å²) in [5.74, 6) is 0.787. The molecule has 0 bridgehead atoms. The van der Waals surface area contributed by atoms with E-state index in [9.17, 15) is 9.59 Å². The van der Waals surface area contributed by atoms with Crippen LogP contribution >= 0.6 is 11.8 Å². The van der Waals surface area contributed by atoms with Crippen molar-refractivity contribution < 1.29 is 9.59 Å². The quantitative estimate of drug-likeness (QED) is 0.921. The molecule has 1 aromatic carbocycles. The number of anilines is 1. The number of rotatable bonds is 3. The largest absolute Gasteiger partial charge is 0.343 e. The first-order valence-electron chi connectivity index (χ1n) is 8.37. The van der Waals surface area contributed by atoms with Gasteiger partial charge in [0, 0.05) is 24.4 Å². The lowest BCUT2D eigenvalue weighted by atomic mass is 9.86. The van der Waals surface area contributed by atoms with Crippen LogP contribution in [-0.2, 0) is 9.59 Å². The minimum atomic E-state index is -0.331. The van der Waals surface area contributed by atoms with Crippen LogP contribution in [0.2, 0.25) is 0 Å². The van der Waals surface area contributed by atoms with E-state index in [-0.39, 0.29) is 23.5 Å². The van der Waals surface area contributed by atoms with E-state index in [1.807, 2.05) is 36.2 Å². The molecule has 1 saturated carbocycles. The van der Waals surface area contributed by atoms with Crippen LogP contribution in [0.25, 0.3) is 0 Å². The van der Waals surface area contributed by atoms with E-state index >= 15 is 0 Å². The number of thioether (sulfide) groups is 1. The number of hydrogen-bond acceptors (Lipinski definition) is 3. The van der Waals surface area contributed by atoms with Gasteiger partial charge < -0.3 is 10.2 Å². The average molecular weight is 332 g/mol. The van der Waals surface area contributed by atoms with Gasteiger partial charge in [0.15, 0.2) is 0 Å². The van der Waals surface area contributed by atoms with Gasteiger partial charge in [0.2, 0.25) is 11.8 Å². The fourth-order valence-electron chi connectivity index (χ4n) is 3.36. The van der Waals surface area contributed by atoms with Crippen molar-refractivity contribution in [1.29, 1.82) is 0 Å². The number of amides is 2. The molecule has 1 unspecified atom stereocenters. The van der Waals surface area contributed by atoms with Crippen molar-refractivity contribution in [3.63, 3.8) is 0 Å². The molecule has 0 saturated heterocycles. The van der Waals surface area contributed by atoms with Crippen molar-refractivity contribution in [3.8, 4) is 0 Å². The molecule has 1 heterocycles. The third kappa shape index (κ3) is 3.71. The molecule has 1 aliphatic heterocycles. The Bertz CT molecular complexity index is 596. The highest BCUT2D eigenvalue weighted by Crippen LogP contribution is 2.37. The van der Waals surface area contributed by atoms with Crippen molar-refractivity contribution in [2.24, 2.45) is 5.92 Å². The Morgan fingerprint density at radius 3 is 2.70 bits per heavy atom. The van der Waals surface area contributed by atoms with E-state index < -0.39 is 0 Å². The summed E-state index contributed by atoms with van der Waals surface area (Å²) < 4.78 is 0. The Labute approximate surface area is 142 Å². The monoisotopic (exact) mass is 332 g/mol. The van der Waals surface area contributed by atoms with Crippen LogP contribution in [0.15, 0.2) is 29.2 Å². The number of fused-ring (bicyclic) bond motifs is 1. The number of carbonyl (C=O) groups is 2. The Morgan fingerprint density at radius 2 is 1.96 bits per heavy atom. The molecule has 4 nitrogen and oxygen atoms in total. The predicted octanol–water partition coefficient (Wildman–Crippen LogP) is 3.53. The van der Waals surface area contributed by atoms with E-state index in [1.165, 1.54) is 24.6 Å². The first-order chi connectivity index (χ1) is 11.0. The highest BCUT2D eigenvalue weighted by Gasteiger charge is 2.32. The van der Waals surface area contributed by atoms with Crippen LogP contribution in [0.3, 0.4) is 0 Å². The highest BCUT2D eigenvalue weighted by atomic mass is 32.2. The van der Waals surface area contributed by atoms with Crippen LogP contribution in [0.1, 0.15) is 39.0 Å². The number of benzene rings is 1. The van der Waals surface area contributed by atoms with Gasteiger partial charge in [0.1, 0.15) is 0 Å². The van der Waals surface area contributed by atoms with Gasteiger partial charge in [-0.1, -0.05) is 19.1 Å². The van der Waals surface area contributed by atoms with Gasteiger partial charge in [-0.25, -0.2) is 0 Å². The minimum absolute atomic E-state index is 0.0623. The summed E-state index contributed by atoms with van der Waals surface area (Å²) in [7, 11) is 1.89. The van der Waals surface area contributed by atoms with Crippen LogP contribution in [0.4, 0.5) is 5.69 Å². The Balaban J connectivity index is 1.60. The molecule has 3 rings (SSSR count). The number of para-hydroxylation sites is 1. The van der Waals surface area contributed by atoms with Crippen molar-refractivity contribution in [2.75, 3.05) is 12.4 Å². The maximum atomic E-state index is 12.6. The molecule has 1 aromatic rings. The standard InChI is InChI=1S/C18H24N2O2S/c1-12-7-9-13(10-8-12)20(2)17(21)11-16-18(22)19-14-5-3-4-6-15(14)23-16/h3-6,12-13,16H,7-11H2,1-2H3,(H,19,22). The summed E-state index contributed by atoms with van der Waals surface area (Å²) in [5.41, 5.74) is 0.848. The predicted molar refractivity (Wildman–Crippen MR) is 93.5 cm³/mol. The zero-order valence-corrected chi connectivity index (χ0v) is 14.6. The summed E-state index contributed by atoms with van der Waals surface area (Å²) >= 11 is 1.50. The third-order valence-electron chi connectivity index (χ3n) is 4.99. The van der Waals surface area contributed by atoms with Crippen LogP contribution < -0.4 is 5.32 Å². The lowest BCUT2D eigenvalue weighted by molar-refractivity contribution is -0.134. The van der Waals surface area contributed by atoms with Gasteiger partial charge in [0.25, 0.3) is 0 Å². The molecule has 124 valence electrons. The number of carbonyl (C=O) groups excluding carboxylic acids is 2. The van der Waals surface area contributed by atoms with Gasteiger partial charge in [-0.05, 0) is 43.7 Å². The van der Waals surface area contributed by atoms with Crippen molar-refractivity contribution in [3.05, 3.63) is 24.3 Å². The molecule has 5 heteroatoms. The molecule has 1 atom stereocenters. The van der Waals surface area contributed by atoms with Crippen LogP contribution in [0, 0.1) is 5.92 Å². The van der Waals surface area contributed by atoms with E-state index in [1.54, 1.807) is 0 Å². The highest BCUT2D eigenvalue weighted by molar-refractivity contribution is 8.01. The van der Waals surface area contributed by atoms with Crippen molar-refractivity contribution in [2.45, 2.75) is 55.2 Å². The number of hydrogen-bond donors (Lipinski definition) is 1. The molecular formula is C18H24N2O2S. The first kappa shape index (κ1) is 16.4. The second kappa shape index (κ2) is 6.95. The van der Waals surface area contributed by atoms with Crippen molar-refractivity contribution >= 4 is 29.3 Å². The molecular weight excluding hydrogens is 308 g/mol. The molecule has 23 heavy (non-hydrogen) atoms. The molecule has 0 radical (unpaired) electrons. The zero-order chi connectivity index (χ0) is 16.4. The van der Waals surface area contributed by atoms with E-state index in [0.29, 0.717) is 6.04 Å². The van der Waals surface area contributed by atoms with E-state index in [4.69, 9.17) is 0 Å². The lowest BCUT2D eigenvalue weighted by Gasteiger charge is -2.34. The summed E-state index contributed by atoms with van der Waals surface area (Å²) in [4.78, 5) is 27.7. The summed E-state index contributed by atoms with van der Waals surface area (Å²) in [6, 6.07) is 8.08. The maximum absolute atomic E-state index is 12.6. The van der Waals surface area contributed by atoms with Crippen molar-refractivity contribution in [1.82, 2.24) is 4.90 Å². The third-order valence-corrected chi connectivity index (χ3v) is 6.27. The Kier molecular flexibility index (Phi) is 4.95. The second-order valence-electron chi connectivity index (χ2n) is 6.71. The SMILES string of the molecule is CC1CCC(N(C)C(=O)CC2Sc3ccccc3NC2=O)CC1. The van der Waals surface area contributed by atoms with E-state index in [0.717, 1.165) is 29.3 Å². The van der Waals surface area contributed by atoms with Crippen LogP contribution in [0.5, 0.6) is 0 Å². The van der Waals surface area contributed by atoms with Gasteiger partial charge in [0.05, 0.1) is 10.9 Å². The summed E-state index contributed by atoms with van der Waals surface area (Å²) in [6.45, 7) is 2.28. The Hall–Kier alpha value is -1.49. The fourth-order valence-corrected chi connectivity index (χ4v) is 4.46. The molecule has 0 spiro atoms. The Morgan fingerprint density at radius 1 is 1.26 bits per heavy atom. The van der Waals surface area contributed by atoms with E-state index in [2.05, 4.69) is 12.2 Å². The minimum Gasteiger partial charge on any atom is -0.343 e. The van der Waals surface area contributed by atoms with Gasteiger partial charge in [-0.15, -0.1) is 11.8 Å². The number of nitrogens with zero attached hydrogens (tertiary/aromatic N) is 1. The van der Waals surface area contributed by atoms with Crippen LogP contribution in [-0.4, -0.2) is 35.1 Å². The molecule has 1 aliphatic carbocycles.